The summed E-state index contributed by atoms with van der Waals surface area (Å²) in [5.74, 6) is 0.0112. The maximum atomic E-state index is 11.5. The first kappa shape index (κ1) is 22.5. The SMILES string of the molecule is O=C(O)COc1cccc2c1C[C@H]1C[C@@H](O)[C@H](CCCOC(=O)COCCO)[C@H]1C2. The molecule has 0 bridgehead atoms. The van der Waals surface area contributed by atoms with Crippen molar-refractivity contribution < 1.29 is 39.1 Å². The van der Waals surface area contributed by atoms with Gasteiger partial charge in [-0.2, -0.15) is 0 Å². The second-order valence-corrected chi connectivity index (χ2v) is 8.01. The highest BCUT2D eigenvalue weighted by atomic mass is 16.6. The lowest BCUT2D eigenvalue weighted by Gasteiger charge is -2.32. The van der Waals surface area contributed by atoms with Crippen LogP contribution in [0.3, 0.4) is 0 Å². The predicted octanol–water partition coefficient (Wildman–Crippen LogP) is 1.19. The third-order valence-electron chi connectivity index (χ3n) is 6.10. The molecule has 4 atom stereocenters. The van der Waals surface area contributed by atoms with Crippen LogP contribution in [0.15, 0.2) is 18.2 Å². The lowest BCUT2D eigenvalue weighted by molar-refractivity contribution is -0.149. The van der Waals surface area contributed by atoms with Crippen molar-refractivity contribution in [1.82, 2.24) is 0 Å². The van der Waals surface area contributed by atoms with Crippen LogP contribution >= 0.6 is 0 Å². The molecular formula is C22H30O8. The predicted molar refractivity (Wildman–Crippen MR) is 106 cm³/mol. The summed E-state index contributed by atoms with van der Waals surface area (Å²) < 4.78 is 15.5. The Labute approximate surface area is 175 Å². The van der Waals surface area contributed by atoms with Crippen molar-refractivity contribution >= 4 is 11.9 Å². The van der Waals surface area contributed by atoms with Gasteiger partial charge in [-0.15, -0.1) is 0 Å². The molecule has 0 saturated heterocycles. The van der Waals surface area contributed by atoms with Gasteiger partial charge >= 0.3 is 11.9 Å². The van der Waals surface area contributed by atoms with Crippen LogP contribution in [0, 0.1) is 17.8 Å². The fraction of sp³-hybridized carbons (Fsp3) is 0.636. The fourth-order valence-corrected chi connectivity index (χ4v) is 4.85. The zero-order valence-corrected chi connectivity index (χ0v) is 17.0. The van der Waals surface area contributed by atoms with E-state index in [4.69, 9.17) is 24.4 Å². The van der Waals surface area contributed by atoms with E-state index in [2.05, 4.69) is 6.07 Å². The van der Waals surface area contributed by atoms with E-state index in [9.17, 15) is 14.7 Å². The average Bonchev–Trinajstić information content (AvgIpc) is 3.02. The van der Waals surface area contributed by atoms with E-state index in [1.54, 1.807) is 0 Å². The first-order valence-corrected chi connectivity index (χ1v) is 10.5. The Morgan fingerprint density at radius 2 is 1.97 bits per heavy atom. The van der Waals surface area contributed by atoms with Gasteiger partial charge < -0.3 is 29.5 Å². The lowest BCUT2D eigenvalue weighted by Crippen LogP contribution is -2.27. The Morgan fingerprint density at radius 1 is 1.13 bits per heavy atom. The van der Waals surface area contributed by atoms with Crippen molar-refractivity contribution in [3.05, 3.63) is 29.3 Å². The minimum atomic E-state index is -1.00. The van der Waals surface area contributed by atoms with Crippen LogP contribution in [0.4, 0.5) is 0 Å². The van der Waals surface area contributed by atoms with Crippen molar-refractivity contribution in [2.24, 2.45) is 17.8 Å². The fourth-order valence-electron chi connectivity index (χ4n) is 4.85. The minimum absolute atomic E-state index is 0.108. The van der Waals surface area contributed by atoms with Gasteiger partial charge in [-0.05, 0) is 67.1 Å². The summed E-state index contributed by atoms with van der Waals surface area (Å²) in [6.45, 7) is -0.270. The molecular weight excluding hydrogens is 392 g/mol. The number of rotatable bonds is 11. The van der Waals surface area contributed by atoms with Gasteiger partial charge in [-0.25, -0.2) is 9.59 Å². The number of aliphatic hydroxyl groups is 2. The highest BCUT2D eigenvalue weighted by molar-refractivity contribution is 5.70. The Kier molecular flexibility index (Phi) is 8.07. The number of hydrogen-bond donors (Lipinski definition) is 3. The van der Waals surface area contributed by atoms with Crippen LogP contribution in [-0.2, 0) is 31.9 Å². The van der Waals surface area contributed by atoms with Crippen LogP contribution in [0.1, 0.15) is 30.4 Å². The van der Waals surface area contributed by atoms with E-state index in [0.29, 0.717) is 24.0 Å². The molecule has 2 aliphatic rings. The van der Waals surface area contributed by atoms with Gasteiger partial charge in [0.1, 0.15) is 12.4 Å². The molecule has 0 aromatic heterocycles. The molecule has 8 nitrogen and oxygen atoms in total. The summed E-state index contributed by atoms with van der Waals surface area (Å²) >= 11 is 0. The molecule has 0 amide bonds. The average molecular weight is 422 g/mol. The van der Waals surface area contributed by atoms with Crippen molar-refractivity contribution in [3.8, 4) is 5.75 Å². The number of fused-ring (bicyclic) bond motifs is 2. The Balaban J connectivity index is 1.53. The summed E-state index contributed by atoms with van der Waals surface area (Å²) in [7, 11) is 0. The molecule has 1 fully saturated rings. The van der Waals surface area contributed by atoms with Gasteiger partial charge in [0.25, 0.3) is 0 Å². The van der Waals surface area contributed by atoms with E-state index < -0.39 is 11.9 Å². The quantitative estimate of drug-likeness (QED) is 0.359. The number of ether oxygens (including phenoxy) is 3. The zero-order chi connectivity index (χ0) is 21.5. The van der Waals surface area contributed by atoms with E-state index >= 15 is 0 Å². The van der Waals surface area contributed by atoms with Gasteiger partial charge in [0.15, 0.2) is 6.61 Å². The number of aliphatic carboxylic acids is 1. The highest BCUT2D eigenvalue weighted by Crippen LogP contribution is 2.48. The standard InChI is InChI=1S/C22H30O8/c23-6-8-28-13-22(27)29-7-2-4-16-17-9-14-3-1-5-20(30-12-21(25)26)18(14)10-15(17)11-19(16)24/h1,3,5,15-17,19,23-24H,2,4,6-13H2,(H,25,26)/t15-,16+,17-,19+/m0/s1. The van der Waals surface area contributed by atoms with Crippen molar-refractivity contribution in [2.75, 3.05) is 33.0 Å². The van der Waals surface area contributed by atoms with Gasteiger partial charge in [0, 0.05) is 0 Å². The van der Waals surface area contributed by atoms with Crippen LogP contribution in [0.2, 0.25) is 0 Å². The first-order valence-electron chi connectivity index (χ1n) is 10.5. The molecule has 3 rings (SSSR count). The number of aliphatic hydroxyl groups excluding tert-OH is 2. The summed E-state index contributed by atoms with van der Waals surface area (Å²) in [6, 6.07) is 5.74. The molecule has 166 valence electrons. The third kappa shape index (κ3) is 5.71. The molecule has 1 aromatic carbocycles. The second-order valence-electron chi connectivity index (χ2n) is 8.01. The summed E-state index contributed by atoms with van der Waals surface area (Å²) in [6.07, 6.45) is 3.39. The Hall–Kier alpha value is -2.16. The van der Waals surface area contributed by atoms with Crippen LogP contribution in [0.5, 0.6) is 5.75 Å². The topological polar surface area (TPSA) is 123 Å². The summed E-state index contributed by atoms with van der Waals surface area (Å²) in [5, 5.41) is 28.1. The van der Waals surface area contributed by atoms with E-state index in [1.807, 2.05) is 12.1 Å². The molecule has 3 N–H and O–H groups in total. The van der Waals surface area contributed by atoms with Gasteiger partial charge in [0.2, 0.25) is 0 Å². The second kappa shape index (κ2) is 10.7. The smallest absolute Gasteiger partial charge is 0.341 e. The number of carboxylic acids is 1. The van der Waals surface area contributed by atoms with Gasteiger partial charge in [0.05, 0.1) is 25.9 Å². The van der Waals surface area contributed by atoms with Crippen molar-refractivity contribution in [1.29, 1.82) is 0 Å². The summed E-state index contributed by atoms with van der Waals surface area (Å²) in [5.41, 5.74) is 2.22. The van der Waals surface area contributed by atoms with Crippen LogP contribution in [-0.4, -0.2) is 66.4 Å². The van der Waals surface area contributed by atoms with E-state index in [0.717, 1.165) is 36.8 Å². The molecule has 0 spiro atoms. The van der Waals surface area contributed by atoms with E-state index in [-0.39, 0.29) is 45.1 Å². The van der Waals surface area contributed by atoms with E-state index in [1.165, 1.54) is 0 Å². The number of hydrogen-bond acceptors (Lipinski definition) is 7. The van der Waals surface area contributed by atoms with Gasteiger partial charge in [-0.3, -0.25) is 0 Å². The van der Waals surface area contributed by atoms with Crippen molar-refractivity contribution in [2.45, 2.75) is 38.2 Å². The number of carbonyl (C=O) groups is 2. The molecule has 1 aromatic rings. The number of carbonyl (C=O) groups excluding carboxylic acids is 1. The number of esters is 1. The molecule has 30 heavy (non-hydrogen) atoms. The molecule has 2 aliphatic carbocycles. The Bertz CT molecular complexity index is 734. The normalized spacial score (nSPS) is 24.7. The third-order valence-corrected chi connectivity index (χ3v) is 6.10. The molecule has 1 saturated carbocycles. The molecule has 0 heterocycles. The highest BCUT2D eigenvalue weighted by Gasteiger charge is 2.44. The Morgan fingerprint density at radius 3 is 2.73 bits per heavy atom. The lowest BCUT2D eigenvalue weighted by atomic mass is 9.73. The summed E-state index contributed by atoms with van der Waals surface area (Å²) in [4.78, 5) is 22.4. The van der Waals surface area contributed by atoms with Crippen LogP contribution < -0.4 is 4.74 Å². The maximum absolute atomic E-state index is 11.5. The molecule has 0 radical (unpaired) electrons. The molecule has 0 unspecified atom stereocenters. The maximum Gasteiger partial charge on any atom is 0.341 e. The monoisotopic (exact) mass is 422 g/mol. The zero-order valence-electron chi connectivity index (χ0n) is 17.0. The molecule has 0 aliphatic heterocycles. The minimum Gasteiger partial charge on any atom is -0.482 e. The number of carboxylic acid groups (broad SMARTS) is 1. The van der Waals surface area contributed by atoms with Crippen molar-refractivity contribution in [3.63, 3.8) is 0 Å². The largest absolute Gasteiger partial charge is 0.482 e. The molecule has 8 heteroatoms. The number of benzene rings is 1. The first-order chi connectivity index (χ1) is 14.5. The van der Waals surface area contributed by atoms with Gasteiger partial charge in [-0.1, -0.05) is 12.1 Å². The van der Waals surface area contributed by atoms with Crippen LogP contribution in [0.25, 0.3) is 0 Å².